The summed E-state index contributed by atoms with van der Waals surface area (Å²) >= 11 is 0. The monoisotopic (exact) mass is 404 g/mol. The van der Waals surface area contributed by atoms with E-state index in [4.69, 9.17) is 4.74 Å². The molecule has 0 saturated carbocycles. The van der Waals surface area contributed by atoms with Gasteiger partial charge in [0.25, 0.3) is 5.91 Å². The Hall–Kier alpha value is -3.68. The van der Waals surface area contributed by atoms with Crippen molar-refractivity contribution in [2.75, 3.05) is 35.7 Å². The second-order valence-corrected chi connectivity index (χ2v) is 7.13. The van der Waals surface area contributed by atoms with Gasteiger partial charge in [0, 0.05) is 48.5 Å². The number of aromatic nitrogens is 3. The maximum Gasteiger partial charge on any atom is 0.257 e. The van der Waals surface area contributed by atoms with Crippen molar-refractivity contribution < 1.29 is 9.53 Å². The highest BCUT2D eigenvalue weighted by molar-refractivity contribution is 6.04. The quantitative estimate of drug-likeness (QED) is 0.646. The largest absolute Gasteiger partial charge is 0.481 e. The molecular weight excluding hydrogens is 380 g/mol. The summed E-state index contributed by atoms with van der Waals surface area (Å²) in [7, 11) is 1.54. The predicted octanol–water partition coefficient (Wildman–Crippen LogP) is 3.78. The molecule has 8 heteroatoms. The van der Waals surface area contributed by atoms with E-state index in [1.165, 1.54) is 26.1 Å². The van der Waals surface area contributed by atoms with Crippen LogP contribution in [0.5, 0.6) is 5.88 Å². The highest BCUT2D eigenvalue weighted by atomic mass is 16.5. The van der Waals surface area contributed by atoms with Gasteiger partial charge in [-0.2, -0.15) is 4.98 Å². The summed E-state index contributed by atoms with van der Waals surface area (Å²) in [4.78, 5) is 27.8. The zero-order valence-corrected chi connectivity index (χ0v) is 17.1. The Morgan fingerprint density at radius 2 is 1.77 bits per heavy atom. The first-order chi connectivity index (χ1) is 14.6. The zero-order chi connectivity index (χ0) is 20.9. The van der Waals surface area contributed by atoms with Crippen LogP contribution in [0.2, 0.25) is 0 Å². The van der Waals surface area contributed by atoms with Crippen LogP contribution in [-0.4, -0.2) is 41.1 Å². The summed E-state index contributed by atoms with van der Waals surface area (Å²) in [6.07, 6.45) is 3.85. The van der Waals surface area contributed by atoms with Crippen molar-refractivity contribution in [3.8, 4) is 5.88 Å². The lowest BCUT2D eigenvalue weighted by atomic mass is 10.2. The molecule has 2 N–H and O–H groups in total. The van der Waals surface area contributed by atoms with E-state index in [-0.39, 0.29) is 5.91 Å². The molecule has 1 fully saturated rings. The number of nitrogens with one attached hydrogen (secondary N) is 2. The van der Waals surface area contributed by atoms with Crippen molar-refractivity contribution >= 4 is 29.0 Å². The van der Waals surface area contributed by atoms with Gasteiger partial charge >= 0.3 is 0 Å². The highest BCUT2D eigenvalue weighted by Crippen LogP contribution is 2.22. The van der Waals surface area contributed by atoms with Crippen molar-refractivity contribution in [1.82, 2.24) is 15.0 Å². The highest BCUT2D eigenvalue weighted by Gasteiger charge is 2.16. The van der Waals surface area contributed by atoms with E-state index >= 15 is 0 Å². The molecule has 4 rings (SSSR count). The van der Waals surface area contributed by atoms with Gasteiger partial charge < -0.3 is 20.3 Å². The SMILES string of the molecule is COc1ccc(C(=O)Nc2ccc(Nc3cc(C)nc(N4CCCC4)n3)cc2)cn1. The van der Waals surface area contributed by atoms with E-state index in [0.29, 0.717) is 17.1 Å². The second-order valence-electron chi connectivity index (χ2n) is 7.13. The molecule has 0 atom stereocenters. The van der Waals surface area contributed by atoms with Gasteiger partial charge in [0.05, 0.1) is 12.7 Å². The molecule has 0 bridgehead atoms. The minimum atomic E-state index is -0.229. The van der Waals surface area contributed by atoms with Gasteiger partial charge in [0.15, 0.2) is 0 Å². The number of methoxy groups -OCH3 is 1. The molecule has 1 saturated heterocycles. The average Bonchev–Trinajstić information content (AvgIpc) is 3.30. The lowest BCUT2D eigenvalue weighted by Gasteiger charge is -2.17. The molecule has 0 aliphatic carbocycles. The first-order valence-electron chi connectivity index (χ1n) is 9.90. The Balaban J connectivity index is 1.41. The van der Waals surface area contributed by atoms with Gasteiger partial charge in [0.2, 0.25) is 11.8 Å². The van der Waals surface area contributed by atoms with Crippen molar-refractivity contribution in [2.45, 2.75) is 19.8 Å². The standard InChI is InChI=1S/C22H24N6O2/c1-15-13-19(27-22(24-15)28-11-3-4-12-28)25-17-6-8-18(9-7-17)26-21(29)16-5-10-20(30-2)23-14-16/h5-10,13-14H,3-4,11-12H2,1-2H3,(H,26,29)(H,24,25,27). The molecule has 0 radical (unpaired) electrons. The van der Waals surface area contributed by atoms with Crippen LogP contribution < -0.4 is 20.3 Å². The number of pyridine rings is 1. The molecule has 0 unspecified atom stereocenters. The first-order valence-corrected chi connectivity index (χ1v) is 9.90. The van der Waals surface area contributed by atoms with E-state index in [0.717, 1.165) is 36.2 Å². The summed E-state index contributed by atoms with van der Waals surface area (Å²) in [6.45, 7) is 3.97. The number of hydrogen-bond acceptors (Lipinski definition) is 7. The Morgan fingerprint density at radius 3 is 2.43 bits per heavy atom. The lowest BCUT2D eigenvalue weighted by molar-refractivity contribution is 0.102. The molecular formula is C22H24N6O2. The zero-order valence-electron chi connectivity index (χ0n) is 17.1. The lowest BCUT2D eigenvalue weighted by Crippen LogP contribution is -2.21. The topological polar surface area (TPSA) is 92.3 Å². The molecule has 3 aromatic rings. The van der Waals surface area contributed by atoms with E-state index in [2.05, 4.69) is 30.5 Å². The number of anilines is 4. The van der Waals surface area contributed by atoms with E-state index < -0.39 is 0 Å². The molecule has 2 aromatic heterocycles. The Labute approximate surface area is 175 Å². The van der Waals surface area contributed by atoms with Crippen LogP contribution in [0.25, 0.3) is 0 Å². The molecule has 154 valence electrons. The first kappa shape index (κ1) is 19.6. The third kappa shape index (κ3) is 4.65. The van der Waals surface area contributed by atoms with Gasteiger partial charge in [-0.15, -0.1) is 0 Å². The molecule has 1 amide bonds. The van der Waals surface area contributed by atoms with Crippen LogP contribution in [-0.2, 0) is 0 Å². The Morgan fingerprint density at radius 1 is 1.03 bits per heavy atom. The third-order valence-electron chi connectivity index (χ3n) is 4.85. The van der Waals surface area contributed by atoms with Crippen LogP contribution in [0.3, 0.4) is 0 Å². The fourth-order valence-corrected chi connectivity index (χ4v) is 3.30. The molecule has 1 aliphatic heterocycles. The van der Waals surface area contributed by atoms with Crippen molar-refractivity contribution in [3.05, 3.63) is 59.9 Å². The number of carbonyl (C=O) groups is 1. The molecule has 30 heavy (non-hydrogen) atoms. The summed E-state index contributed by atoms with van der Waals surface area (Å²) < 4.78 is 5.01. The van der Waals surface area contributed by atoms with E-state index in [9.17, 15) is 4.79 Å². The van der Waals surface area contributed by atoms with Crippen LogP contribution >= 0.6 is 0 Å². The second kappa shape index (κ2) is 8.77. The Bertz CT molecular complexity index is 1010. The number of nitrogens with zero attached hydrogens (tertiary/aromatic N) is 4. The normalized spacial score (nSPS) is 13.2. The van der Waals surface area contributed by atoms with Gasteiger partial charge in [-0.05, 0) is 50.1 Å². The number of rotatable bonds is 6. The van der Waals surface area contributed by atoms with Gasteiger partial charge in [-0.1, -0.05) is 0 Å². The minimum Gasteiger partial charge on any atom is -0.481 e. The molecule has 1 aliphatic rings. The van der Waals surface area contributed by atoms with E-state index in [1.54, 1.807) is 12.1 Å². The molecule has 3 heterocycles. The number of aryl methyl sites for hydroxylation is 1. The van der Waals surface area contributed by atoms with Crippen LogP contribution in [0.4, 0.5) is 23.1 Å². The average molecular weight is 404 g/mol. The number of hydrogen-bond donors (Lipinski definition) is 2. The van der Waals surface area contributed by atoms with Crippen LogP contribution in [0.1, 0.15) is 28.9 Å². The fraction of sp³-hybridized carbons (Fsp3) is 0.273. The summed E-state index contributed by atoms with van der Waals surface area (Å²) in [6, 6.07) is 12.7. The van der Waals surface area contributed by atoms with Crippen molar-refractivity contribution in [3.63, 3.8) is 0 Å². The summed E-state index contributed by atoms with van der Waals surface area (Å²) in [5, 5.41) is 6.18. The van der Waals surface area contributed by atoms with Crippen LogP contribution in [0.15, 0.2) is 48.7 Å². The molecule has 8 nitrogen and oxygen atoms in total. The van der Waals surface area contributed by atoms with Crippen molar-refractivity contribution in [1.29, 1.82) is 0 Å². The van der Waals surface area contributed by atoms with Gasteiger partial charge in [-0.3, -0.25) is 4.79 Å². The third-order valence-corrected chi connectivity index (χ3v) is 4.85. The maximum atomic E-state index is 12.4. The summed E-state index contributed by atoms with van der Waals surface area (Å²) in [5.41, 5.74) is 2.96. The van der Waals surface area contributed by atoms with Crippen molar-refractivity contribution in [2.24, 2.45) is 0 Å². The number of benzene rings is 1. The fourth-order valence-electron chi connectivity index (χ4n) is 3.30. The molecule has 0 spiro atoms. The van der Waals surface area contributed by atoms with Crippen LogP contribution in [0, 0.1) is 6.92 Å². The van der Waals surface area contributed by atoms with Gasteiger partial charge in [0.1, 0.15) is 5.82 Å². The summed E-state index contributed by atoms with van der Waals surface area (Å²) in [5.74, 6) is 1.76. The number of amides is 1. The smallest absolute Gasteiger partial charge is 0.257 e. The maximum absolute atomic E-state index is 12.4. The predicted molar refractivity (Wildman–Crippen MR) is 117 cm³/mol. The minimum absolute atomic E-state index is 0.229. The number of carbonyl (C=O) groups excluding carboxylic acids is 1. The van der Waals surface area contributed by atoms with E-state index in [1.807, 2.05) is 37.3 Å². The number of ether oxygens (including phenoxy) is 1. The Kier molecular flexibility index (Phi) is 5.74. The molecule has 1 aromatic carbocycles. The van der Waals surface area contributed by atoms with Gasteiger partial charge in [-0.25, -0.2) is 9.97 Å².